The van der Waals surface area contributed by atoms with E-state index < -0.39 is 0 Å². The first kappa shape index (κ1) is 10.5. The van der Waals surface area contributed by atoms with Gasteiger partial charge in [-0.2, -0.15) is 0 Å². The van der Waals surface area contributed by atoms with Crippen molar-refractivity contribution in [2.75, 3.05) is 11.5 Å². The average molecular weight is 214 g/mol. The summed E-state index contributed by atoms with van der Waals surface area (Å²) in [5, 5.41) is 0.765. The predicted molar refractivity (Wildman–Crippen MR) is 61.5 cm³/mol. The van der Waals surface area contributed by atoms with Crippen molar-refractivity contribution >= 4 is 29.1 Å². The Bertz CT molecular complexity index is 323. The molecule has 0 aromatic heterocycles. The zero-order valence-electron chi connectivity index (χ0n) is 7.51. The number of benzene rings is 1. The van der Waals surface area contributed by atoms with Crippen LogP contribution in [0.1, 0.15) is 5.56 Å². The van der Waals surface area contributed by atoms with Crippen LogP contribution in [0.15, 0.2) is 29.7 Å². The second-order valence-electron chi connectivity index (χ2n) is 2.69. The minimum atomic E-state index is 0.765. The molecular weight excluding hydrogens is 202 g/mol. The van der Waals surface area contributed by atoms with Crippen LogP contribution in [0.25, 0.3) is 0 Å². The van der Waals surface area contributed by atoms with Gasteiger partial charge in [-0.1, -0.05) is 17.7 Å². The molecule has 0 saturated heterocycles. The Morgan fingerprint density at radius 1 is 1.62 bits per heavy atom. The third-order valence-corrected chi connectivity index (χ3v) is 3.36. The summed E-state index contributed by atoms with van der Waals surface area (Å²) in [4.78, 5) is 1.06. The number of anilines is 1. The zero-order valence-corrected chi connectivity index (χ0v) is 9.08. The monoisotopic (exact) mass is 213 g/mol. The second kappa shape index (κ2) is 4.58. The van der Waals surface area contributed by atoms with E-state index in [0.29, 0.717) is 0 Å². The van der Waals surface area contributed by atoms with Crippen molar-refractivity contribution in [3.8, 4) is 0 Å². The molecule has 2 N–H and O–H groups in total. The molecule has 70 valence electrons. The molecular formula is C10H12ClNS. The minimum absolute atomic E-state index is 0.765. The second-order valence-corrected chi connectivity index (χ2v) is 4.13. The molecule has 0 heterocycles. The molecule has 0 unspecified atom stereocenters. The Morgan fingerprint density at radius 3 is 2.92 bits per heavy atom. The lowest BCUT2D eigenvalue weighted by molar-refractivity contribution is 1.31. The fraction of sp³-hybridized carbons (Fsp3) is 0.200. The highest BCUT2D eigenvalue weighted by Crippen LogP contribution is 2.32. The minimum Gasteiger partial charge on any atom is -0.398 e. The number of nitrogens with two attached hydrogens (primary N) is 1. The summed E-state index contributed by atoms with van der Waals surface area (Å²) in [6.07, 6.45) is 1.85. The first-order valence-electron chi connectivity index (χ1n) is 3.95. The Balaban J connectivity index is 3.02. The Hall–Kier alpha value is -0.600. The summed E-state index contributed by atoms with van der Waals surface area (Å²) < 4.78 is 0. The van der Waals surface area contributed by atoms with Crippen LogP contribution in [0.2, 0.25) is 5.02 Å². The average Bonchev–Trinajstić information content (AvgIpc) is 2.12. The first-order chi connectivity index (χ1) is 6.16. The quantitative estimate of drug-likeness (QED) is 0.473. The van der Waals surface area contributed by atoms with Gasteiger partial charge in [0.25, 0.3) is 0 Å². The predicted octanol–water partition coefficient (Wildman–Crippen LogP) is 3.51. The van der Waals surface area contributed by atoms with Crippen molar-refractivity contribution in [2.45, 2.75) is 11.8 Å². The van der Waals surface area contributed by atoms with E-state index in [-0.39, 0.29) is 0 Å². The number of hydrogen-bond donors (Lipinski definition) is 1. The van der Waals surface area contributed by atoms with E-state index in [0.717, 1.165) is 26.9 Å². The molecule has 0 amide bonds. The van der Waals surface area contributed by atoms with Crippen molar-refractivity contribution in [3.63, 3.8) is 0 Å². The molecule has 0 atom stereocenters. The van der Waals surface area contributed by atoms with Crippen molar-refractivity contribution in [1.82, 2.24) is 0 Å². The topological polar surface area (TPSA) is 26.0 Å². The lowest BCUT2D eigenvalue weighted by Crippen LogP contribution is -1.92. The van der Waals surface area contributed by atoms with Crippen molar-refractivity contribution in [3.05, 3.63) is 35.4 Å². The van der Waals surface area contributed by atoms with Gasteiger partial charge in [0.1, 0.15) is 0 Å². The van der Waals surface area contributed by atoms with Gasteiger partial charge in [-0.25, -0.2) is 0 Å². The fourth-order valence-electron chi connectivity index (χ4n) is 1.02. The molecule has 3 heteroatoms. The van der Waals surface area contributed by atoms with Crippen LogP contribution in [0.3, 0.4) is 0 Å². The third kappa shape index (κ3) is 2.42. The van der Waals surface area contributed by atoms with Gasteiger partial charge in [-0.05, 0) is 24.6 Å². The lowest BCUT2D eigenvalue weighted by Gasteiger charge is -2.08. The number of halogens is 1. The Labute approximate surface area is 88.0 Å². The summed E-state index contributed by atoms with van der Waals surface area (Å²) in [5.74, 6) is 0.853. The maximum absolute atomic E-state index is 5.97. The maximum Gasteiger partial charge on any atom is 0.0456 e. The molecule has 0 spiro atoms. The van der Waals surface area contributed by atoms with Crippen LogP contribution >= 0.6 is 23.4 Å². The lowest BCUT2D eigenvalue weighted by atomic mass is 10.2. The number of hydrogen-bond acceptors (Lipinski definition) is 2. The highest BCUT2D eigenvalue weighted by Gasteiger charge is 2.05. The van der Waals surface area contributed by atoms with Crippen LogP contribution < -0.4 is 5.73 Å². The largest absolute Gasteiger partial charge is 0.398 e. The van der Waals surface area contributed by atoms with Crippen LogP contribution in [0, 0.1) is 6.92 Å². The molecule has 0 radical (unpaired) electrons. The van der Waals surface area contributed by atoms with Gasteiger partial charge in [-0.3, -0.25) is 0 Å². The first-order valence-corrected chi connectivity index (χ1v) is 5.31. The van der Waals surface area contributed by atoms with Crippen molar-refractivity contribution < 1.29 is 0 Å². The van der Waals surface area contributed by atoms with Gasteiger partial charge in [-0.15, -0.1) is 18.3 Å². The smallest absolute Gasteiger partial charge is 0.0456 e. The molecule has 0 aliphatic heterocycles. The van der Waals surface area contributed by atoms with E-state index in [2.05, 4.69) is 6.58 Å². The zero-order chi connectivity index (χ0) is 9.84. The van der Waals surface area contributed by atoms with Gasteiger partial charge in [0, 0.05) is 21.4 Å². The van der Waals surface area contributed by atoms with Crippen LogP contribution in [0.5, 0.6) is 0 Å². The third-order valence-electron chi connectivity index (χ3n) is 1.72. The molecule has 0 bridgehead atoms. The Morgan fingerprint density at radius 2 is 2.31 bits per heavy atom. The van der Waals surface area contributed by atoms with E-state index in [4.69, 9.17) is 17.3 Å². The molecule has 0 aliphatic rings. The molecule has 13 heavy (non-hydrogen) atoms. The Kier molecular flexibility index (Phi) is 3.70. The molecule has 0 aliphatic carbocycles. The molecule has 0 fully saturated rings. The van der Waals surface area contributed by atoms with Gasteiger partial charge in [0.2, 0.25) is 0 Å². The van der Waals surface area contributed by atoms with E-state index in [1.165, 1.54) is 0 Å². The standard InChI is InChI=1S/C10H12ClNS/c1-3-6-13-10-7(2)8(11)4-5-9(10)12/h3-5H,1,6,12H2,2H3. The van der Waals surface area contributed by atoms with Crippen molar-refractivity contribution in [1.29, 1.82) is 0 Å². The highest BCUT2D eigenvalue weighted by molar-refractivity contribution is 7.99. The molecule has 0 saturated carbocycles. The van der Waals surface area contributed by atoms with E-state index in [1.807, 2.05) is 25.1 Å². The van der Waals surface area contributed by atoms with E-state index in [1.54, 1.807) is 11.8 Å². The highest BCUT2D eigenvalue weighted by atomic mass is 35.5. The summed E-state index contributed by atoms with van der Waals surface area (Å²) in [6, 6.07) is 3.66. The van der Waals surface area contributed by atoms with Gasteiger partial charge < -0.3 is 5.73 Å². The normalized spacial score (nSPS) is 10.0. The van der Waals surface area contributed by atoms with Gasteiger partial charge in [0.05, 0.1) is 0 Å². The summed E-state index contributed by atoms with van der Waals surface area (Å²) in [7, 11) is 0. The maximum atomic E-state index is 5.97. The van der Waals surface area contributed by atoms with Crippen LogP contribution in [-0.4, -0.2) is 5.75 Å². The fourth-order valence-corrected chi connectivity index (χ4v) is 2.08. The number of nitrogen functional groups attached to an aromatic ring is 1. The van der Waals surface area contributed by atoms with Crippen LogP contribution in [0.4, 0.5) is 5.69 Å². The van der Waals surface area contributed by atoms with Gasteiger partial charge >= 0.3 is 0 Å². The van der Waals surface area contributed by atoms with Crippen molar-refractivity contribution in [2.24, 2.45) is 0 Å². The molecule has 1 nitrogen and oxygen atoms in total. The number of thioether (sulfide) groups is 1. The van der Waals surface area contributed by atoms with E-state index >= 15 is 0 Å². The SMILES string of the molecule is C=CCSc1c(N)ccc(Cl)c1C. The molecule has 1 aromatic carbocycles. The summed E-state index contributed by atoms with van der Waals surface area (Å²) >= 11 is 7.63. The number of rotatable bonds is 3. The van der Waals surface area contributed by atoms with Crippen LogP contribution in [-0.2, 0) is 0 Å². The van der Waals surface area contributed by atoms with Gasteiger partial charge in [0.15, 0.2) is 0 Å². The summed E-state index contributed by atoms with van der Waals surface area (Å²) in [5.41, 5.74) is 7.65. The molecule has 1 aromatic rings. The summed E-state index contributed by atoms with van der Waals surface area (Å²) in [6.45, 7) is 5.64. The molecule has 1 rings (SSSR count). The van der Waals surface area contributed by atoms with E-state index in [9.17, 15) is 0 Å².